The Labute approximate surface area is 174 Å². The van der Waals surface area contributed by atoms with E-state index in [9.17, 15) is 19.2 Å². The number of carbonyl (C=O) groups excluding carboxylic acids is 2. The Morgan fingerprint density at radius 1 is 1.20 bits per heavy atom. The van der Waals surface area contributed by atoms with Gasteiger partial charge in [0.1, 0.15) is 5.82 Å². The molecular weight excluding hydrogens is 388 g/mol. The molecule has 1 amide bonds. The molecule has 1 aromatic carbocycles. The molecule has 0 aliphatic carbocycles. The molecule has 2 N–H and O–H groups in total. The van der Waals surface area contributed by atoms with Crippen molar-refractivity contribution in [3.05, 3.63) is 56.7 Å². The number of aromatic nitrogens is 2. The van der Waals surface area contributed by atoms with E-state index in [0.29, 0.717) is 25.7 Å². The molecule has 1 aromatic heterocycles. The van der Waals surface area contributed by atoms with E-state index in [-0.39, 0.29) is 36.7 Å². The predicted molar refractivity (Wildman–Crippen MR) is 114 cm³/mol. The molecule has 9 heteroatoms. The van der Waals surface area contributed by atoms with Crippen molar-refractivity contribution in [3.63, 3.8) is 0 Å². The van der Waals surface area contributed by atoms with Gasteiger partial charge in [-0.2, -0.15) is 0 Å². The molecule has 162 valence electrons. The number of anilines is 2. The second-order valence-corrected chi connectivity index (χ2v) is 7.18. The van der Waals surface area contributed by atoms with Gasteiger partial charge < -0.3 is 15.4 Å². The van der Waals surface area contributed by atoms with Crippen LogP contribution in [-0.2, 0) is 27.4 Å². The number of nitrogens with two attached hydrogens (primary N) is 1. The van der Waals surface area contributed by atoms with Crippen molar-refractivity contribution < 1.29 is 14.3 Å². The Hall–Kier alpha value is -3.36. The standard InChI is InChI=1S/C21H28N4O5/c1-15(30-16(2)27)9-7-8-12-24-20(28)18(23(3)14-26)19(22)25(21(24)29)13-17-10-5-4-6-11-17/h4-6,10-11,14-15H,7-9,12-13,22H2,1-3H3. The quantitative estimate of drug-likeness (QED) is 0.355. The number of nitrogen functional groups attached to an aromatic ring is 1. The van der Waals surface area contributed by atoms with Crippen molar-refractivity contribution in [3.8, 4) is 0 Å². The second kappa shape index (κ2) is 10.4. The minimum atomic E-state index is -0.607. The number of hydrogen-bond donors (Lipinski definition) is 1. The van der Waals surface area contributed by atoms with E-state index in [1.54, 1.807) is 6.92 Å². The number of ether oxygens (including phenoxy) is 1. The largest absolute Gasteiger partial charge is 0.463 e. The molecule has 0 bridgehead atoms. The summed E-state index contributed by atoms with van der Waals surface area (Å²) in [5.74, 6) is -0.397. The van der Waals surface area contributed by atoms with Gasteiger partial charge >= 0.3 is 11.7 Å². The van der Waals surface area contributed by atoms with E-state index in [1.807, 2.05) is 30.3 Å². The zero-order valence-electron chi connectivity index (χ0n) is 17.5. The monoisotopic (exact) mass is 416 g/mol. The van der Waals surface area contributed by atoms with Crippen molar-refractivity contribution in [1.29, 1.82) is 0 Å². The summed E-state index contributed by atoms with van der Waals surface area (Å²) in [6.07, 6.45) is 2.04. The first-order valence-corrected chi connectivity index (χ1v) is 9.78. The van der Waals surface area contributed by atoms with Crippen molar-refractivity contribution in [2.24, 2.45) is 0 Å². The van der Waals surface area contributed by atoms with Gasteiger partial charge in [-0.15, -0.1) is 0 Å². The van der Waals surface area contributed by atoms with Gasteiger partial charge in [0, 0.05) is 20.5 Å². The normalized spacial score (nSPS) is 11.7. The Morgan fingerprint density at radius 2 is 1.87 bits per heavy atom. The van der Waals surface area contributed by atoms with Crippen LogP contribution >= 0.6 is 0 Å². The molecule has 9 nitrogen and oxygen atoms in total. The van der Waals surface area contributed by atoms with Crippen molar-refractivity contribution in [1.82, 2.24) is 9.13 Å². The average molecular weight is 416 g/mol. The molecule has 30 heavy (non-hydrogen) atoms. The highest BCUT2D eigenvalue weighted by Crippen LogP contribution is 2.16. The average Bonchev–Trinajstić information content (AvgIpc) is 2.70. The molecule has 0 saturated heterocycles. The van der Waals surface area contributed by atoms with Crippen molar-refractivity contribution in [2.75, 3.05) is 17.7 Å². The maximum atomic E-state index is 13.0. The van der Waals surface area contributed by atoms with Gasteiger partial charge in [0.05, 0.1) is 12.6 Å². The molecule has 2 aromatic rings. The summed E-state index contributed by atoms with van der Waals surface area (Å²) in [7, 11) is 1.42. The van der Waals surface area contributed by atoms with Gasteiger partial charge in [-0.05, 0) is 31.7 Å². The molecule has 1 unspecified atom stereocenters. The number of rotatable bonds is 10. The van der Waals surface area contributed by atoms with Gasteiger partial charge in [-0.1, -0.05) is 30.3 Å². The van der Waals surface area contributed by atoms with Crippen LogP contribution in [0.3, 0.4) is 0 Å². The van der Waals surface area contributed by atoms with Crippen LogP contribution in [0.15, 0.2) is 39.9 Å². The van der Waals surface area contributed by atoms with Gasteiger partial charge in [-0.3, -0.25) is 23.5 Å². The molecular formula is C21H28N4O5. The first-order chi connectivity index (χ1) is 14.3. The number of unbranched alkanes of at least 4 members (excludes halogenated alkanes) is 1. The minimum absolute atomic E-state index is 0.0335. The molecule has 0 aliphatic heterocycles. The molecule has 0 fully saturated rings. The first-order valence-electron chi connectivity index (χ1n) is 9.78. The van der Waals surface area contributed by atoms with E-state index in [1.165, 1.54) is 18.5 Å². The lowest BCUT2D eigenvalue weighted by atomic mass is 10.1. The van der Waals surface area contributed by atoms with Crippen LogP contribution in [0.4, 0.5) is 11.5 Å². The highest BCUT2D eigenvalue weighted by atomic mass is 16.5. The fourth-order valence-corrected chi connectivity index (χ4v) is 3.25. The number of nitrogens with zero attached hydrogens (tertiary/aromatic N) is 3. The Balaban J connectivity index is 2.33. The highest BCUT2D eigenvalue weighted by Gasteiger charge is 2.20. The van der Waals surface area contributed by atoms with E-state index >= 15 is 0 Å². The smallest absolute Gasteiger partial charge is 0.332 e. The molecule has 0 aliphatic rings. The van der Waals surface area contributed by atoms with Gasteiger partial charge in [-0.25, -0.2) is 4.79 Å². The lowest BCUT2D eigenvalue weighted by molar-refractivity contribution is -0.145. The van der Waals surface area contributed by atoms with Gasteiger partial charge in [0.2, 0.25) is 6.41 Å². The third-order valence-corrected chi connectivity index (χ3v) is 4.75. The Bertz CT molecular complexity index is 997. The van der Waals surface area contributed by atoms with E-state index in [2.05, 4.69) is 0 Å². The SMILES string of the molecule is CC(=O)OC(C)CCCCn1c(=O)c(N(C)C=O)c(N)n(Cc2ccccc2)c1=O. The summed E-state index contributed by atoms with van der Waals surface area (Å²) < 4.78 is 7.48. The van der Waals surface area contributed by atoms with Crippen LogP contribution in [0.2, 0.25) is 0 Å². The lowest BCUT2D eigenvalue weighted by Crippen LogP contribution is -2.44. The third-order valence-electron chi connectivity index (χ3n) is 4.75. The summed E-state index contributed by atoms with van der Waals surface area (Å²) in [6.45, 7) is 3.49. The molecule has 1 atom stereocenters. The summed E-state index contributed by atoms with van der Waals surface area (Å²) in [5, 5.41) is 0. The summed E-state index contributed by atoms with van der Waals surface area (Å²) >= 11 is 0. The fraction of sp³-hybridized carbons (Fsp3) is 0.429. The van der Waals surface area contributed by atoms with Crippen LogP contribution in [0.25, 0.3) is 0 Å². The van der Waals surface area contributed by atoms with Crippen LogP contribution in [0.1, 0.15) is 38.7 Å². The van der Waals surface area contributed by atoms with Crippen LogP contribution in [0.5, 0.6) is 0 Å². The lowest BCUT2D eigenvalue weighted by Gasteiger charge is -2.20. The topological polar surface area (TPSA) is 117 Å². The van der Waals surface area contributed by atoms with E-state index in [0.717, 1.165) is 15.0 Å². The Morgan fingerprint density at radius 3 is 2.47 bits per heavy atom. The second-order valence-electron chi connectivity index (χ2n) is 7.18. The third kappa shape index (κ3) is 5.59. The molecule has 0 saturated carbocycles. The number of esters is 1. The zero-order chi connectivity index (χ0) is 22.3. The van der Waals surface area contributed by atoms with Crippen LogP contribution in [0, 0.1) is 0 Å². The highest BCUT2D eigenvalue weighted by molar-refractivity contribution is 5.79. The van der Waals surface area contributed by atoms with E-state index < -0.39 is 11.2 Å². The van der Waals surface area contributed by atoms with Gasteiger partial charge in [0.25, 0.3) is 5.56 Å². The molecule has 1 heterocycles. The fourth-order valence-electron chi connectivity index (χ4n) is 3.25. The maximum absolute atomic E-state index is 13.0. The molecule has 0 spiro atoms. The van der Waals surface area contributed by atoms with E-state index in [4.69, 9.17) is 10.5 Å². The first kappa shape index (κ1) is 22.9. The van der Waals surface area contributed by atoms with Crippen LogP contribution in [-0.4, -0.2) is 34.7 Å². The predicted octanol–water partition coefficient (Wildman–Crippen LogP) is 1.36. The number of carbonyl (C=O) groups is 2. The summed E-state index contributed by atoms with van der Waals surface area (Å²) in [6, 6.07) is 9.24. The van der Waals surface area contributed by atoms with Gasteiger partial charge in [0.15, 0.2) is 5.69 Å². The zero-order valence-corrected chi connectivity index (χ0v) is 17.5. The Kier molecular flexibility index (Phi) is 7.97. The summed E-state index contributed by atoms with van der Waals surface area (Å²) in [4.78, 5) is 49.3. The summed E-state index contributed by atoms with van der Waals surface area (Å²) in [5.41, 5.74) is 5.79. The number of amides is 1. The molecule has 2 rings (SSSR count). The van der Waals surface area contributed by atoms with Crippen LogP contribution < -0.4 is 21.9 Å². The van der Waals surface area contributed by atoms with Crippen molar-refractivity contribution in [2.45, 2.75) is 52.3 Å². The molecule has 0 radical (unpaired) electrons. The number of hydrogen-bond acceptors (Lipinski definition) is 6. The number of benzene rings is 1. The minimum Gasteiger partial charge on any atom is -0.463 e. The maximum Gasteiger partial charge on any atom is 0.332 e. The van der Waals surface area contributed by atoms with Crippen molar-refractivity contribution >= 4 is 23.9 Å².